The number of hydrogen-bond donors (Lipinski definition) is 1. The number of fused-ring (bicyclic) bond motifs is 1. The predicted molar refractivity (Wildman–Crippen MR) is 97.1 cm³/mol. The number of amides is 2. The third-order valence-corrected chi connectivity index (χ3v) is 4.95. The zero-order chi connectivity index (χ0) is 18.4. The molecule has 1 atom stereocenters. The van der Waals surface area contributed by atoms with Gasteiger partial charge >= 0.3 is 0 Å². The van der Waals surface area contributed by atoms with Crippen LogP contribution in [0.3, 0.4) is 0 Å². The Morgan fingerprint density at radius 1 is 1.40 bits per heavy atom. The highest BCUT2D eigenvalue weighted by molar-refractivity contribution is 6.35. The molecule has 0 saturated carbocycles. The van der Waals surface area contributed by atoms with Crippen LogP contribution in [0.1, 0.15) is 32.9 Å². The third kappa shape index (κ3) is 3.35. The molecule has 6 nitrogen and oxygen atoms in total. The van der Waals surface area contributed by atoms with Gasteiger partial charge in [0.1, 0.15) is 0 Å². The molecule has 25 heavy (non-hydrogen) atoms. The fourth-order valence-corrected chi connectivity index (χ4v) is 3.60. The predicted octanol–water partition coefficient (Wildman–Crippen LogP) is 2.49. The highest BCUT2D eigenvalue weighted by atomic mass is 35.5. The highest BCUT2D eigenvalue weighted by Crippen LogP contribution is 2.28. The average Bonchev–Trinajstić information content (AvgIpc) is 3.07. The number of rotatable bonds is 3. The zero-order valence-electron chi connectivity index (χ0n) is 15.0. The van der Waals surface area contributed by atoms with Crippen molar-refractivity contribution in [3.63, 3.8) is 0 Å². The molecule has 0 bridgehead atoms. The number of hydrogen-bond acceptors (Lipinski definition) is 3. The van der Waals surface area contributed by atoms with Crippen molar-refractivity contribution in [3.05, 3.63) is 28.9 Å². The van der Waals surface area contributed by atoms with E-state index in [9.17, 15) is 9.59 Å². The van der Waals surface area contributed by atoms with E-state index < -0.39 is 0 Å². The molecule has 1 unspecified atom stereocenters. The molecule has 1 aromatic heterocycles. The minimum absolute atomic E-state index is 0.0268. The summed E-state index contributed by atoms with van der Waals surface area (Å²) in [4.78, 5) is 26.4. The molecule has 1 aliphatic rings. The first-order valence-corrected chi connectivity index (χ1v) is 8.74. The van der Waals surface area contributed by atoms with Gasteiger partial charge in [0.15, 0.2) is 0 Å². The van der Waals surface area contributed by atoms with Gasteiger partial charge < -0.3 is 10.2 Å². The molecule has 1 fully saturated rings. The standard InChI is InChI=1S/C18H23ClN4O2/c1-18(2,3)23-10-11(8-15(23)24)17(25)20-9-13-16-12(19)6-5-7-14(16)22(4)21-13/h5-7,11H,8-10H2,1-4H3,(H,20,25). The molecule has 2 aromatic rings. The molecule has 0 aliphatic carbocycles. The molecule has 2 amide bonds. The molecule has 0 radical (unpaired) electrons. The van der Waals surface area contributed by atoms with Crippen LogP contribution in [0.5, 0.6) is 0 Å². The second-order valence-corrected chi connectivity index (χ2v) is 7.91. The number of benzene rings is 1. The summed E-state index contributed by atoms with van der Waals surface area (Å²) < 4.78 is 1.75. The Kier molecular flexibility index (Phi) is 4.49. The lowest BCUT2D eigenvalue weighted by atomic mass is 10.1. The largest absolute Gasteiger partial charge is 0.350 e. The van der Waals surface area contributed by atoms with Crippen LogP contribution in [0.2, 0.25) is 5.02 Å². The molecule has 2 heterocycles. The number of nitrogens with zero attached hydrogens (tertiary/aromatic N) is 3. The third-order valence-electron chi connectivity index (χ3n) is 4.64. The first-order valence-electron chi connectivity index (χ1n) is 8.36. The fraction of sp³-hybridized carbons (Fsp3) is 0.500. The van der Waals surface area contributed by atoms with E-state index in [0.29, 0.717) is 18.1 Å². The van der Waals surface area contributed by atoms with Gasteiger partial charge in [-0.1, -0.05) is 17.7 Å². The summed E-state index contributed by atoms with van der Waals surface area (Å²) in [6, 6.07) is 5.63. The Hall–Kier alpha value is -2.08. The minimum atomic E-state index is -0.322. The van der Waals surface area contributed by atoms with E-state index in [1.807, 2.05) is 46.0 Å². The van der Waals surface area contributed by atoms with Gasteiger partial charge in [0.2, 0.25) is 11.8 Å². The van der Waals surface area contributed by atoms with E-state index in [0.717, 1.165) is 16.6 Å². The van der Waals surface area contributed by atoms with E-state index in [-0.39, 0.29) is 29.7 Å². The topological polar surface area (TPSA) is 67.2 Å². The van der Waals surface area contributed by atoms with Crippen LogP contribution in [-0.2, 0) is 23.2 Å². The van der Waals surface area contributed by atoms with Gasteiger partial charge in [-0.15, -0.1) is 0 Å². The smallest absolute Gasteiger partial charge is 0.225 e. The summed E-state index contributed by atoms with van der Waals surface area (Å²) in [5.74, 6) is -0.415. The molecule has 3 rings (SSSR count). The van der Waals surface area contributed by atoms with Crippen LogP contribution in [0.15, 0.2) is 18.2 Å². The Morgan fingerprint density at radius 3 is 2.76 bits per heavy atom. The summed E-state index contributed by atoms with van der Waals surface area (Å²) >= 11 is 6.29. The molecule has 1 saturated heterocycles. The lowest BCUT2D eigenvalue weighted by Gasteiger charge is -2.31. The molecule has 7 heteroatoms. The Morgan fingerprint density at radius 2 is 2.12 bits per heavy atom. The number of aryl methyl sites for hydroxylation is 1. The van der Waals surface area contributed by atoms with Gasteiger partial charge in [0, 0.05) is 30.9 Å². The van der Waals surface area contributed by atoms with Crippen LogP contribution in [-0.4, -0.2) is 38.6 Å². The molecule has 1 aliphatic heterocycles. The van der Waals surface area contributed by atoms with Crippen molar-refractivity contribution >= 4 is 34.3 Å². The van der Waals surface area contributed by atoms with E-state index in [1.54, 1.807) is 9.58 Å². The number of halogens is 1. The molecule has 134 valence electrons. The maximum atomic E-state index is 12.5. The summed E-state index contributed by atoms with van der Waals surface area (Å²) in [6.07, 6.45) is 0.257. The van der Waals surface area contributed by atoms with Crippen molar-refractivity contribution in [2.45, 2.75) is 39.3 Å². The summed E-state index contributed by atoms with van der Waals surface area (Å²) in [5.41, 5.74) is 1.39. The molecule has 1 N–H and O–H groups in total. The Balaban J connectivity index is 1.71. The van der Waals surface area contributed by atoms with Crippen molar-refractivity contribution < 1.29 is 9.59 Å². The van der Waals surface area contributed by atoms with Crippen molar-refractivity contribution in [3.8, 4) is 0 Å². The van der Waals surface area contributed by atoms with E-state index in [4.69, 9.17) is 11.6 Å². The summed E-state index contributed by atoms with van der Waals surface area (Å²) in [7, 11) is 1.85. The van der Waals surface area contributed by atoms with E-state index >= 15 is 0 Å². The van der Waals surface area contributed by atoms with Crippen LogP contribution in [0.25, 0.3) is 10.9 Å². The number of nitrogens with one attached hydrogen (secondary N) is 1. The Bertz CT molecular complexity index is 837. The second-order valence-electron chi connectivity index (χ2n) is 7.50. The lowest BCUT2D eigenvalue weighted by molar-refractivity contribution is -0.132. The number of carbonyl (C=O) groups is 2. The van der Waals surface area contributed by atoms with Crippen LogP contribution < -0.4 is 5.32 Å². The van der Waals surface area contributed by atoms with Crippen LogP contribution >= 0.6 is 11.6 Å². The van der Waals surface area contributed by atoms with Crippen LogP contribution in [0, 0.1) is 5.92 Å². The summed E-state index contributed by atoms with van der Waals surface area (Å²) in [5, 5.41) is 8.84. The van der Waals surface area contributed by atoms with Crippen molar-refractivity contribution in [2.75, 3.05) is 6.54 Å². The number of likely N-dealkylation sites (tertiary alicyclic amines) is 1. The summed E-state index contributed by atoms with van der Waals surface area (Å²) in [6.45, 7) is 6.69. The zero-order valence-corrected chi connectivity index (χ0v) is 15.7. The first kappa shape index (κ1) is 17.7. The average molecular weight is 363 g/mol. The molecule has 0 spiro atoms. The van der Waals surface area contributed by atoms with Gasteiger partial charge in [-0.3, -0.25) is 14.3 Å². The molecular formula is C18H23ClN4O2. The number of carbonyl (C=O) groups excluding carboxylic acids is 2. The normalized spacial score (nSPS) is 18.2. The van der Waals surface area contributed by atoms with Crippen molar-refractivity contribution in [1.29, 1.82) is 0 Å². The highest BCUT2D eigenvalue weighted by Gasteiger charge is 2.39. The quantitative estimate of drug-likeness (QED) is 0.912. The van der Waals surface area contributed by atoms with Gasteiger partial charge in [-0.25, -0.2) is 0 Å². The second kappa shape index (κ2) is 6.33. The van der Waals surface area contributed by atoms with Gasteiger partial charge in [0.05, 0.1) is 28.7 Å². The molecule has 1 aromatic carbocycles. The van der Waals surface area contributed by atoms with Crippen molar-refractivity contribution in [2.24, 2.45) is 13.0 Å². The monoisotopic (exact) mass is 362 g/mol. The minimum Gasteiger partial charge on any atom is -0.350 e. The number of aromatic nitrogens is 2. The van der Waals surface area contributed by atoms with Crippen molar-refractivity contribution in [1.82, 2.24) is 20.0 Å². The van der Waals surface area contributed by atoms with E-state index in [2.05, 4.69) is 10.4 Å². The lowest BCUT2D eigenvalue weighted by Crippen LogP contribution is -2.43. The maximum absolute atomic E-state index is 12.5. The fourth-order valence-electron chi connectivity index (χ4n) is 3.32. The molecular weight excluding hydrogens is 340 g/mol. The van der Waals surface area contributed by atoms with Crippen LogP contribution in [0.4, 0.5) is 0 Å². The SMILES string of the molecule is Cn1nc(CNC(=O)C2CC(=O)N(C(C)(C)C)C2)c2c(Cl)cccc21. The maximum Gasteiger partial charge on any atom is 0.225 e. The van der Waals surface area contributed by atoms with Gasteiger partial charge in [-0.2, -0.15) is 5.10 Å². The van der Waals surface area contributed by atoms with Gasteiger partial charge in [-0.05, 0) is 32.9 Å². The Labute approximate surface area is 152 Å². The van der Waals surface area contributed by atoms with E-state index in [1.165, 1.54) is 0 Å². The van der Waals surface area contributed by atoms with Gasteiger partial charge in [0.25, 0.3) is 0 Å². The first-order chi connectivity index (χ1) is 11.7.